The SMILES string of the molecule is CCc1cccc(CC)c1N=C(C)C(C)=Nc1c(CC)cccc1CC.[Br][Ni][Br]. The maximum atomic E-state index is 4.99. The van der Waals surface area contributed by atoms with E-state index in [9.17, 15) is 0 Å². The summed E-state index contributed by atoms with van der Waals surface area (Å²) in [7, 11) is 1.25. The summed E-state index contributed by atoms with van der Waals surface area (Å²) in [6.07, 6.45) is 3.98. The van der Waals surface area contributed by atoms with E-state index in [1.165, 1.54) is 33.2 Å². The molecule has 2 aromatic carbocycles. The van der Waals surface area contributed by atoms with Gasteiger partial charge in [-0.25, -0.2) is 0 Å². The average molecular weight is 567 g/mol. The van der Waals surface area contributed by atoms with Gasteiger partial charge in [0.2, 0.25) is 0 Å². The standard InChI is InChI=1S/C24H32N2.2BrH.Ni/c1-7-19-13-11-14-20(8-2)23(19)25-17(5)18(6)26-24-21(9-3)15-12-16-22(24)10-4;;;/h11-16H,7-10H2,1-6H3;2*1H;/q;;;+2/p-2. The molecule has 0 aromatic heterocycles. The van der Waals surface area contributed by atoms with E-state index in [0.29, 0.717) is 0 Å². The first-order valence-corrected chi connectivity index (χ1v) is 15.0. The molecular formula is C24H32Br2N2Ni. The monoisotopic (exact) mass is 564 g/mol. The minimum absolute atomic E-state index is 0.994. The summed E-state index contributed by atoms with van der Waals surface area (Å²) in [5.74, 6) is 0. The molecule has 2 aromatic rings. The van der Waals surface area contributed by atoms with Gasteiger partial charge >= 0.3 is 39.3 Å². The second kappa shape index (κ2) is 14.3. The predicted molar refractivity (Wildman–Crippen MR) is 134 cm³/mol. The summed E-state index contributed by atoms with van der Waals surface area (Å²) < 4.78 is 0. The van der Waals surface area contributed by atoms with Gasteiger partial charge in [0, 0.05) is 0 Å². The number of rotatable bonds is 7. The van der Waals surface area contributed by atoms with Gasteiger partial charge in [-0.2, -0.15) is 0 Å². The Labute approximate surface area is 197 Å². The minimum atomic E-state index is 0.994. The molecule has 0 saturated carbocycles. The Morgan fingerprint density at radius 2 is 0.897 bits per heavy atom. The molecule has 0 atom stereocenters. The van der Waals surface area contributed by atoms with Crippen LogP contribution in [0.2, 0.25) is 0 Å². The van der Waals surface area contributed by atoms with E-state index in [2.05, 4.69) is 106 Å². The van der Waals surface area contributed by atoms with E-state index in [1.807, 2.05) is 0 Å². The molecule has 0 aliphatic carbocycles. The second-order valence-electron chi connectivity index (χ2n) is 6.70. The first kappa shape index (κ1) is 26.3. The van der Waals surface area contributed by atoms with Crippen LogP contribution in [0.15, 0.2) is 46.4 Å². The van der Waals surface area contributed by atoms with Gasteiger partial charge in [0.25, 0.3) is 0 Å². The van der Waals surface area contributed by atoms with Crippen molar-refractivity contribution in [3.8, 4) is 0 Å². The normalized spacial score (nSPS) is 12.0. The van der Waals surface area contributed by atoms with Gasteiger partial charge in [0.1, 0.15) is 0 Å². The number of benzene rings is 2. The van der Waals surface area contributed by atoms with Crippen molar-refractivity contribution in [3.05, 3.63) is 58.7 Å². The third kappa shape index (κ3) is 7.77. The molecule has 2 nitrogen and oxygen atoms in total. The molecule has 29 heavy (non-hydrogen) atoms. The summed E-state index contributed by atoms with van der Waals surface area (Å²) in [5.41, 5.74) is 9.47. The van der Waals surface area contributed by atoms with Crippen molar-refractivity contribution in [2.45, 2.75) is 67.2 Å². The molecule has 0 saturated heterocycles. The van der Waals surface area contributed by atoms with Crippen molar-refractivity contribution in [1.82, 2.24) is 0 Å². The van der Waals surface area contributed by atoms with Crippen LogP contribution in [0, 0.1) is 0 Å². The van der Waals surface area contributed by atoms with E-state index in [1.54, 1.807) is 0 Å². The number of aliphatic imine (C=N–C) groups is 2. The Hall–Kier alpha value is -0.766. The van der Waals surface area contributed by atoms with Crippen LogP contribution in [0.1, 0.15) is 63.8 Å². The number of nitrogens with zero attached hydrogens (tertiary/aromatic N) is 2. The fraction of sp³-hybridized carbons (Fsp3) is 0.417. The molecule has 0 spiro atoms. The molecule has 0 unspecified atom stereocenters. The number of para-hydroxylation sites is 2. The van der Waals surface area contributed by atoms with E-state index < -0.39 is 0 Å². The zero-order chi connectivity index (χ0) is 21.8. The Kier molecular flexibility index (Phi) is 12.9. The molecule has 0 bridgehead atoms. The molecule has 5 heteroatoms. The van der Waals surface area contributed by atoms with Gasteiger partial charge in [0.05, 0.1) is 22.8 Å². The topological polar surface area (TPSA) is 24.7 Å². The first-order chi connectivity index (χ1) is 14.0. The van der Waals surface area contributed by atoms with Gasteiger partial charge in [-0.3, -0.25) is 9.98 Å². The summed E-state index contributed by atoms with van der Waals surface area (Å²) >= 11 is 6.00. The van der Waals surface area contributed by atoms with Crippen LogP contribution in [0.25, 0.3) is 0 Å². The van der Waals surface area contributed by atoms with Crippen molar-refractivity contribution in [2.75, 3.05) is 0 Å². The van der Waals surface area contributed by atoms with Crippen LogP contribution in [-0.2, 0) is 36.6 Å². The molecule has 0 heterocycles. The van der Waals surface area contributed by atoms with Crippen LogP contribution in [-0.4, -0.2) is 11.4 Å². The maximum absolute atomic E-state index is 4.99. The zero-order valence-electron chi connectivity index (χ0n) is 18.3. The van der Waals surface area contributed by atoms with Gasteiger partial charge in [-0.05, 0) is 61.8 Å². The van der Waals surface area contributed by atoms with Crippen LogP contribution in [0.5, 0.6) is 0 Å². The molecule has 0 radical (unpaired) electrons. The van der Waals surface area contributed by atoms with E-state index >= 15 is 0 Å². The third-order valence-electron chi connectivity index (χ3n) is 5.01. The molecular weight excluding hydrogens is 535 g/mol. The Morgan fingerprint density at radius 3 is 1.10 bits per heavy atom. The number of hydrogen-bond donors (Lipinski definition) is 0. The zero-order valence-corrected chi connectivity index (χ0v) is 22.4. The molecule has 2 rings (SSSR count). The summed E-state index contributed by atoms with van der Waals surface area (Å²) in [5, 5.41) is 0. The van der Waals surface area contributed by atoms with Crippen molar-refractivity contribution >= 4 is 51.2 Å². The predicted octanol–water partition coefficient (Wildman–Crippen LogP) is 8.51. The van der Waals surface area contributed by atoms with Crippen molar-refractivity contribution < 1.29 is 10.9 Å². The quantitative estimate of drug-likeness (QED) is 0.237. The van der Waals surface area contributed by atoms with Crippen molar-refractivity contribution in [2.24, 2.45) is 9.98 Å². The van der Waals surface area contributed by atoms with Crippen molar-refractivity contribution in [3.63, 3.8) is 0 Å². The molecule has 0 aliphatic rings. The first-order valence-electron chi connectivity index (χ1n) is 10.1. The third-order valence-corrected chi connectivity index (χ3v) is 5.01. The molecule has 0 N–H and O–H groups in total. The molecule has 0 fully saturated rings. The Balaban J connectivity index is 0.00000132. The van der Waals surface area contributed by atoms with Crippen LogP contribution < -0.4 is 0 Å². The Morgan fingerprint density at radius 1 is 0.655 bits per heavy atom. The van der Waals surface area contributed by atoms with Gasteiger partial charge in [0.15, 0.2) is 0 Å². The van der Waals surface area contributed by atoms with E-state index in [4.69, 9.17) is 9.98 Å². The average Bonchev–Trinajstić information content (AvgIpc) is 2.74. The van der Waals surface area contributed by atoms with Gasteiger partial charge in [-0.1, -0.05) is 64.1 Å². The number of halogens is 2. The van der Waals surface area contributed by atoms with Gasteiger partial charge < -0.3 is 0 Å². The summed E-state index contributed by atoms with van der Waals surface area (Å²) in [6.45, 7) is 12.9. The van der Waals surface area contributed by atoms with Crippen LogP contribution in [0.3, 0.4) is 0 Å². The molecule has 0 aliphatic heterocycles. The Bertz CT molecular complexity index is 731. The number of hydrogen-bond acceptors (Lipinski definition) is 2. The fourth-order valence-corrected chi connectivity index (χ4v) is 3.21. The van der Waals surface area contributed by atoms with Crippen LogP contribution >= 0.6 is 28.5 Å². The van der Waals surface area contributed by atoms with Crippen LogP contribution in [0.4, 0.5) is 11.4 Å². The summed E-state index contributed by atoms with van der Waals surface area (Å²) in [4.78, 5) is 9.99. The van der Waals surface area contributed by atoms with E-state index in [0.717, 1.165) is 48.5 Å². The molecule has 0 amide bonds. The fourth-order valence-electron chi connectivity index (χ4n) is 3.21. The van der Waals surface area contributed by atoms with Crippen molar-refractivity contribution in [1.29, 1.82) is 0 Å². The molecule has 162 valence electrons. The number of aryl methyl sites for hydroxylation is 4. The summed E-state index contributed by atoms with van der Waals surface area (Å²) in [6, 6.07) is 13.0. The van der Waals surface area contributed by atoms with E-state index in [-0.39, 0.29) is 0 Å². The second-order valence-corrected chi connectivity index (χ2v) is 11.7. The van der Waals surface area contributed by atoms with Gasteiger partial charge in [-0.15, -0.1) is 0 Å².